The molecule has 0 spiro atoms. The molecular weight excluding hydrogens is 180 g/mol. The van der Waals surface area contributed by atoms with Crippen molar-refractivity contribution in [3.05, 3.63) is 0 Å². The molecule has 0 aromatic heterocycles. The second kappa shape index (κ2) is 4.75. The third-order valence-corrected chi connectivity index (χ3v) is 2.79. The van der Waals surface area contributed by atoms with E-state index < -0.39 is 11.6 Å². The van der Waals surface area contributed by atoms with E-state index in [1.807, 2.05) is 0 Å². The Bertz CT molecular complexity index is 198. The van der Waals surface area contributed by atoms with Crippen molar-refractivity contribution in [1.29, 1.82) is 0 Å². The quantitative estimate of drug-likeness (QED) is 0.607. The summed E-state index contributed by atoms with van der Waals surface area (Å²) in [5.41, 5.74) is 4.71. The normalized spacial score (nSPS) is 22.8. The summed E-state index contributed by atoms with van der Waals surface area (Å²) in [4.78, 5) is 11.2. The van der Waals surface area contributed by atoms with Gasteiger partial charge in [-0.05, 0) is 19.8 Å². The number of carbonyl (C=O) groups excluding carboxylic acids is 1. The average Bonchev–Trinajstić information content (AvgIpc) is 2.15. The lowest BCUT2D eigenvalue weighted by Crippen LogP contribution is -2.48. The first-order chi connectivity index (χ1) is 6.53. The van der Waals surface area contributed by atoms with E-state index in [0.717, 1.165) is 25.7 Å². The zero-order valence-electron chi connectivity index (χ0n) is 8.75. The molecule has 1 atom stereocenters. The molecule has 1 amide bonds. The number of carbonyl (C=O) groups is 1. The van der Waals surface area contributed by atoms with Gasteiger partial charge in [0.1, 0.15) is 0 Å². The van der Waals surface area contributed by atoms with Gasteiger partial charge in [0, 0.05) is 6.54 Å². The van der Waals surface area contributed by atoms with Gasteiger partial charge in [-0.3, -0.25) is 4.79 Å². The van der Waals surface area contributed by atoms with E-state index >= 15 is 0 Å². The first-order valence-electron chi connectivity index (χ1n) is 5.29. The predicted octanol–water partition coefficient (Wildman–Crippen LogP) is 0.145. The number of hydrogen-bond acceptors (Lipinski definition) is 3. The molecule has 1 aliphatic carbocycles. The third kappa shape index (κ3) is 3.27. The smallest absolute Gasteiger partial charge is 0.236 e. The van der Waals surface area contributed by atoms with Crippen molar-refractivity contribution in [2.24, 2.45) is 5.73 Å². The fourth-order valence-electron chi connectivity index (χ4n) is 1.80. The maximum absolute atomic E-state index is 11.2. The average molecular weight is 200 g/mol. The number of aliphatic hydroxyl groups is 1. The number of rotatable bonds is 3. The van der Waals surface area contributed by atoms with Crippen molar-refractivity contribution in [1.82, 2.24) is 5.32 Å². The molecule has 0 radical (unpaired) electrons. The van der Waals surface area contributed by atoms with Gasteiger partial charge in [0.05, 0.1) is 11.6 Å². The van der Waals surface area contributed by atoms with Gasteiger partial charge in [-0.25, -0.2) is 0 Å². The van der Waals surface area contributed by atoms with Crippen LogP contribution in [0.25, 0.3) is 0 Å². The van der Waals surface area contributed by atoms with Crippen LogP contribution in [0.15, 0.2) is 0 Å². The molecule has 82 valence electrons. The molecule has 0 aromatic carbocycles. The van der Waals surface area contributed by atoms with Crippen molar-refractivity contribution in [3.63, 3.8) is 0 Å². The lowest BCUT2D eigenvalue weighted by molar-refractivity contribution is -0.123. The predicted molar refractivity (Wildman–Crippen MR) is 54.7 cm³/mol. The van der Waals surface area contributed by atoms with E-state index in [4.69, 9.17) is 5.73 Å². The molecule has 0 unspecified atom stereocenters. The molecular formula is C10H20N2O2. The molecule has 1 aliphatic rings. The van der Waals surface area contributed by atoms with E-state index in [1.165, 1.54) is 6.42 Å². The van der Waals surface area contributed by atoms with Gasteiger partial charge in [-0.15, -0.1) is 0 Å². The van der Waals surface area contributed by atoms with E-state index in [2.05, 4.69) is 5.32 Å². The van der Waals surface area contributed by atoms with Crippen molar-refractivity contribution >= 4 is 5.91 Å². The summed E-state index contributed by atoms with van der Waals surface area (Å²) < 4.78 is 0. The van der Waals surface area contributed by atoms with Crippen molar-refractivity contribution < 1.29 is 9.90 Å². The highest BCUT2D eigenvalue weighted by molar-refractivity contribution is 5.81. The Morgan fingerprint density at radius 2 is 2.07 bits per heavy atom. The largest absolute Gasteiger partial charge is 0.388 e. The van der Waals surface area contributed by atoms with E-state index in [-0.39, 0.29) is 5.91 Å². The zero-order chi connectivity index (χ0) is 10.6. The SMILES string of the molecule is C[C@@H](N)C(=O)NCC1(O)CCCCC1. The number of nitrogens with one attached hydrogen (secondary N) is 1. The Morgan fingerprint density at radius 3 is 2.57 bits per heavy atom. The Hall–Kier alpha value is -0.610. The van der Waals surface area contributed by atoms with Crippen LogP contribution in [0.1, 0.15) is 39.0 Å². The monoisotopic (exact) mass is 200 g/mol. The fourth-order valence-corrected chi connectivity index (χ4v) is 1.80. The Kier molecular flexibility index (Phi) is 3.89. The Balaban J connectivity index is 2.32. The van der Waals surface area contributed by atoms with Crippen LogP contribution in [-0.4, -0.2) is 29.2 Å². The van der Waals surface area contributed by atoms with Crippen molar-refractivity contribution in [3.8, 4) is 0 Å². The molecule has 1 saturated carbocycles. The van der Waals surface area contributed by atoms with Crippen LogP contribution in [0.3, 0.4) is 0 Å². The summed E-state index contributed by atoms with van der Waals surface area (Å²) >= 11 is 0. The number of nitrogens with two attached hydrogens (primary N) is 1. The molecule has 4 N–H and O–H groups in total. The molecule has 0 aromatic rings. The van der Waals surface area contributed by atoms with Crippen molar-refractivity contribution in [2.75, 3.05) is 6.54 Å². The molecule has 0 saturated heterocycles. The number of hydrogen-bond donors (Lipinski definition) is 3. The molecule has 14 heavy (non-hydrogen) atoms. The highest BCUT2D eigenvalue weighted by Crippen LogP contribution is 2.27. The van der Waals surface area contributed by atoms with Crippen LogP contribution in [0, 0.1) is 0 Å². The van der Waals surface area contributed by atoms with E-state index in [0.29, 0.717) is 6.54 Å². The molecule has 4 heteroatoms. The molecule has 1 rings (SSSR count). The summed E-state index contributed by atoms with van der Waals surface area (Å²) in [6, 6.07) is -0.498. The van der Waals surface area contributed by atoms with Gasteiger partial charge >= 0.3 is 0 Å². The van der Waals surface area contributed by atoms with Crippen LogP contribution in [0.4, 0.5) is 0 Å². The van der Waals surface area contributed by atoms with Crippen LogP contribution in [0.5, 0.6) is 0 Å². The van der Waals surface area contributed by atoms with Crippen LogP contribution in [-0.2, 0) is 4.79 Å². The number of amides is 1. The van der Waals surface area contributed by atoms with Crippen LogP contribution < -0.4 is 11.1 Å². The van der Waals surface area contributed by atoms with E-state index in [1.54, 1.807) is 6.92 Å². The molecule has 0 bridgehead atoms. The minimum Gasteiger partial charge on any atom is -0.388 e. The summed E-state index contributed by atoms with van der Waals surface area (Å²) in [6.45, 7) is 1.98. The van der Waals surface area contributed by atoms with Crippen LogP contribution >= 0.6 is 0 Å². The maximum Gasteiger partial charge on any atom is 0.236 e. The Morgan fingerprint density at radius 1 is 1.50 bits per heavy atom. The first kappa shape index (κ1) is 11.5. The van der Waals surface area contributed by atoms with Gasteiger partial charge in [-0.2, -0.15) is 0 Å². The lowest BCUT2D eigenvalue weighted by Gasteiger charge is -2.32. The highest BCUT2D eigenvalue weighted by Gasteiger charge is 2.29. The van der Waals surface area contributed by atoms with Gasteiger partial charge in [0.25, 0.3) is 0 Å². The third-order valence-electron chi connectivity index (χ3n) is 2.79. The Labute approximate surface area is 84.9 Å². The molecule has 0 aliphatic heterocycles. The summed E-state index contributed by atoms with van der Waals surface area (Å²) in [5, 5.41) is 12.7. The second-order valence-electron chi connectivity index (χ2n) is 4.29. The lowest BCUT2D eigenvalue weighted by atomic mass is 9.85. The molecule has 1 fully saturated rings. The standard InChI is InChI=1S/C10H20N2O2/c1-8(11)9(13)12-7-10(14)5-3-2-4-6-10/h8,14H,2-7,11H2,1H3,(H,12,13)/t8-/m1/s1. The zero-order valence-corrected chi connectivity index (χ0v) is 8.75. The minimum absolute atomic E-state index is 0.191. The maximum atomic E-state index is 11.2. The van der Waals surface area contributed by atoms with Crippen molar-refractivity contribution in [2.45, 2.75) is 50.7 Å². The van der Waals surface area contributed by atoms with Gasteiger partial charge < -0.3 is 16.2 Å². The molecule has 0 heterocycles. The summed E-state index contributed by atoms with van der Waals surface area (Å²) in [7, 11) is 0. The van der Waals surface area contributed by atoms with Gasteiger partial charge in [-0.1, -0.05) is 19.3 Å². The topological polar surface area (TPSA) is 75.4 Å². The second-order valence-corrected chi connectivity index (χ2v) is 4.29. The highest BCUT2D eigenvalue weighted by atomic mass is 16.3. The summed E-state index contributed by atoms with van der Waals surface area (Å²) in [5.74, 6) is -0.191. The van der Waals surface area contributed by atoms with Crippen LogP contribution in [0.2, 0.25) is 0 Å². The fraction of sp³-hybridized carbons (Fsp3) is 0.900. The van der Waals surface area contributed by atoms with E-state index in [9.17, 15) is 9.90 Å². The first-order valence-corrected chi connectivity index (χ1v) is 5.29. The van der Waals surface area contributed by atoms with Gasteiger partial charge in [0.2, 0.25) is 5.91 Å². The minimum atomic E-state index is -0.692. The molecule has 4 nitrogen and oxygen atoms in total. The van der Waals surface area contributed by atoms with Gasteiger partial charge in [0.15, 0.2) is 0 Å². The summed E-state index contributed by atoms with van der Waals surface area (Å²) in [6.07, 6.45) is 4.84.